The molecular weight excluding hydrogens is 300 g/mol. The van der Waals surface area contributed by atoms with E-state index in [4.69, 9.17) is 5.11 Å². The fourth-order valence-electron chi connectivity index (χ4n) is 1.45. The van der Waals surface area contributed by atoms with Crippen molar-refractivity contribution in [2.75, 3.05) is 4.72 Å². The van der Waals surface area contributed by atoms with Crippen LogP contribution in [0.25, 0.3) is 0 Å². The molecular formula is C12H16N2O6S. The van der Waals surface area contributed by atoms with Gasteiger partial charge in [-0.2, -0.15) is 8.42 Å². The molecule has 0 atom stereocenters. The summed E-state index contributed by atoms with van der Waals surface area (Å²) in [5, 5.41) is 8.68. The van der Waals surface area contributed by atoms with Crippen molar-refractivity contribution >= 4 is 28.0 Å². The normalized spacial score (nSPS) is 11.0. The number of carbonyl (C=O) groups is 2. The topological polar surface area (TPSA) is 122 Å². The highest BCUT2D eigenvalue weighted by molar-refractivity contribution is 7.91. The average Bonchev–Trinajstić information content (AvgIpc) is 2.24. The zero-order valence-corrected chi connectivity index (χ0v) is 12.3. The van der Waals surface area contributed by atoms with Gasteiger partial charge in [-0.15, -0.1) is 0 Å². The molecule has 1 aromatic carbocycles. The summed E-state index contributed by atoms with van der Waals surface area (Å²) in [6.45, 7) is 3.16. The summed E-state index contributed by atoms with van der Waals surface area (Å²) in [7, 11) is -4.15. The Bertz CT molecular complexity index is 626. The second-order valence-corrected chi connectivity index (χ2v) is 5.85. The molecule has 9 heteroatoms. The third-order valence-electron chi connectivity index (χ3n) is 2.09. The second-order valence-electron chi connectivity index (χ2n) is 4.43. The van der Waals surface area contributed by atoms with Crippen LogP contribution in [0.2, 0.25) is 0 Å². The van der Waals surface area contributed by atoms with Crippen LogP contribution in [0.4, 0.5) is 10.5 Å². The molecule has 0 aliphatic heterocycles. The van der Waals surface area contributed by atoms with Gasteiger partial charge in [-0.3, -0.25) is 9.52 Å². The molecule has 0 saturated carbocycles. The van der Waals surface area contributed by atoms with E-state index in [1.807, 2.05) is 0 Å². The summed E-state index contributed by atoms with van der Waals surface area (Å²) in [6, 6.07) is 5.84. The van der Waals surface area contributed by atoms with Crippen molar-refractivity contribution in [3.8, 4) is 0 Å². The minimum atomic E-state index is -4.15. The van der Waals surface area contributed by atoms with Crippen molar-refractivity contribution in [3.63, 3.8) is 0 Å². The van der Waals surface area contributed by atoms with E-state index in [0.717, 1.165) is 0 Å². The summed E-state index contributed by atoms with van der Waals surface area (Å²) in [4.78, 5) is 21.8. The number of hydrogen-bond donors (Lipinski definition) is 3. The van der Waals surface area contributed by atoms with E-state index >= 15 is 0 Å². The smallest absolute Gasteiger partial charge is 0.422 e. The summed E-state index contributed by atoms with van der Waals surface area (Å²) < 4.78 is 31.8. The highest BCUT2D eigenvalue weighted by atomic mass is 32.2. The molecule has 21 heavy (non-hydrogen) atoms. The van der Waals surface area contributed by atoms with Crippen molar-refractivity contribution in [1.82, 2.24) is 4.72 Å². The van der Waals surface area contributed by atoms with E-state index in [1.165, 1.54) is 18.2 Å². The zero-order chi connectivity index (χ0) is 16.0. The maximum absolute atomic E-state index is 11.7. The van der Waals surface area contributed by atoms with E-state index in [0.29, 0.717) is 5.56 Å². The largest absolute Gasteiger partial charge is 0.481 e. The predicted octanol–water partition coefficient (Wildman–Crippen LogP) is 1.10. The van der Waals surface area contributed by atoms with Crippen LogP contribution >= 0.6 is 0 Å². The molecule has 8 nitrogen and oxygen atoms in total. The summed E-state index contributed by atoms with van der Waals surface area (Å²) >= 11 is 0. The predicted molar refractivity (Wildman–Crippen MR) is 75.1 cm³/mol. The van der Waals surface area contributed by atoms with Gasteiger partial charge < -0.3 is 9.84 Å². The van der Waals surface area contributed by atoms with Gasteiger partial charge in [0.05, 0.1) is 18.2 Å². The molecule has 1 amide bonds. The first-order chi connectivity index (χ1) is 9.68. The van der Waals surface area contributed by atoms with E-state index < -0.39 is 28.4 Å². The van der Waals surface area contributed by atoms with Gasteiger partial charge in [0.15, 0.2) is 0 Å². The Kier molecular flexibility index (Phi) is 5.53. The van der Waals surface area contributed by atoms with Crippen molar-refractivity contribution in [2.45, 2.75) is 26.4 Å². The van der Waals surface area contributed by atoms with Crippen LogP contribution in [-0.4, -0.2) is 31.7 Å². The number of rotatable bonds is 6. The van der Waals surface area contributed by atoms with Gasteiger partial charge in [0, 0.05) is 0 Å². The SMILES string of the molecule is CC(C)OC(=O)NS(=O)(=O)Nc1cccc(CC(=O)O)c1. The quantitative estimate of drug-likeness (QED) is 0.722. The Morgan fingerprint density at radius 1 is 1.33 bits per heavy atom. The van der Waals surface area contributed by atoms with Crippen LogP contribution in [0.1, 0.15) is 19.4 Å². The molecule has 0 fully saturated rings. The Morgan fingerprint density at radius 3 is 2.57 bits per heavy atom. The highest BCUT2D eigenvalue weighted by Gasteiger charge is 2.16. The fraction of sp³-hybridized carbons (Fsp3) is 0.333. The molecule has 1 aromatic rings. The van der Waals surface area contributed by atoms with Crippen LogP contribution in [0.3, 0.4) is 0 Å². The van der Waals surface area contributed by atoms with Gasteiger partial charge in [0.25, 0.3) is 0 Å². The van der Waals surface area contributed by atoms with Crippen LogP contribution < -0.4 is 9.44 Å². The number of amides is 1. The number of carboxylic acid groups (broad SMARTS) is 1. The van der Waals surface area contributed by atoms with Crippen molar-refractivity contribution < 1.29 is 27.9 Å². The molecule has 0 unspecified atom stereocenters. The monoisotopic (exact) mass is 316 g/mol. The van der Waals surface area contributed by atoms with Gasteiger partial charge in [-0.05, 0) is 31.5 Å². The van der Waals surface area contributed by atoms with Gasteiger partial charge in [0.1, 0.15) is 0 Å². The molecule has 0 bridgehead atoms. The number of benzene rings is 1. The number of carboxylic acids is 1. The Hall–Kier alpha value is -2.29. The van der Waals surface area contributed by atoms with Crippen molar-refractivity contribution in [3.05, 3.63) is 29.8 Å². The first kappa shape index (κ1) is 16.8. The Balaban J connectivity index is 2.75. The highest BCUT2D eigenvalue weighted by Crippen LogP contribution is 2.12. The van der Waals surface area contributed by atoms with Crippen LogP contribution in [0.15, 0.2) is 24.3 Å². The molecule has 0 heterocycles. The first-order valence-electron chi connectivity index (χ1n) is 6.00. The van der Waals surface area contributed by atoms with E-state index in [1.54, 1.807) is 24.6 Å². The number of hydrogen-bond acceptors (Lipinski definition) is 5. The average molecular weight is 316 g/mol. The summed E-state index contributed by atoms with van der Waals surface area (Å²) in [5.41, 5.74) is 0.561. The number of anilines is 1. The number of aliphatic carboxylic acids is 1. The second kappa shape index (κ2) is 6.93. The molecule has 0 spiro atoms. The molecule has 0 saturated heterocycles. The van der Waals surface area contributed by atoms with Gasteiger partial charge in [0.2, 0.25) is 0 Å². The molecule has 0 aliphatic carbocycles. The molecule has 1 rings (SSSR count). The molecule has 0 aromatic heterocycles. The minimum absolute atomic E-state index is 0.138. The first-order valence-corrected chi connectivity index (χ1v) is 7.48. The molecule has 0 aliphatic rings. The van der Waals surface area contributed by atoms with E-state index in [2.05, 4.69) is 9.46 Å². The number of carbonyl (C=O) groups excluding carboxylic acids is 1. The lowest BCUT2D eigenvalue weighted by molar-refractivity contribution is -0.136. The van der Waals surface area contributed by atoms with Crippen LogP contribution in [0, 0.1) is 0 Å². The molecule has 116 valence electrons. The van der Waals surface area contributed by atoms with Crippen LogP contribution in [0.5, 0.6) is 0 Å². The Labute approximate surface area is 122 Å². The van der Waals surface area contributed by atoms with Gasteiger partial charge >= 0.3 is 22.3 Å². The lowest BCUT2D eigenvalue weighted by atomic mass is 10.1. The standard InChI is InChI=1S/C12H16N2O6S/c1-8(2)20-12(17)14-21(18,19)13-10-5-3-4-9(6-10)7-11(15)16/h3-6,8,13H,7H2,1-2H3,(H,14,17)(H,15,16). The maximum Gasteiger partial charge on any atom is 0.422 e. The minimum Gasteiger partial charge on any atom is -0.481 e. The third-order valence-corrected chi connectivity index (χ3v) is 3.03. The number of nitrogens with one attached hydrogen (secondary N) is 2. The van der Waals surface area contributed by atoms with E-state index in [9.17, 15) is 18.0 Å². The summed E-state index contributed by atoms with van der Waals surface area (Å²) in [6.07, 6.45) is -1.79. The lowest BCUT2D eigenvalue weighted by Gasteiger charge is -2.12. The molecule has 0 radical (unpaired) electrons. The van der Waals surface area contributed by atoms with Crippen molar-refractivity contribution in [2.24, 2.45) is 0 Å². The fourth-order valence-corrected chi connectivity index (χ4v) is 2.20. The lowest BCUT2D eigenvalue weighted by Crippen LogP contribution is -2.36. The van der Waals surface area contributed by atoms with E-state index in [-0.39, 0.29) is 12.1 Å². The van der Waals surface area contributed by atoms with Gasteiger partial charge in [-0.1, -0.05) is 12.1 Å². The van der Waals surface area contributed by atoms with Crippen molar-refractivity contribution in [1.29, 1.82) is 0 Å². The molecule has 3 N–H and O–H groups in total. The summed E-state index contributed by atoms with van der Waals surface area (Å²) in [5.74, 6) is -1.03. The Morgan fingerprint density at radius 2 is 2.00 bits per heavy atom. The van der Waals surface area contributed by atoms with Gasteiger partial charge in [-0.25, -0.2) is 9.52 Å². The number of ether oxygens (including phenoxy) is 1. The third kappa shape index (κ3) is 6.61. The zero-order valence-electron chi connectivity index (χ0n) is 11.5. The van der Waals surface area contributed by atoms with Crippen LogP contribution in [-0.2, 0) is 26.2 Å². The maximum atomic E-state index is 11.7.